The minimum atomic E-state index is -0.105. The second kappa shape index (κ2) is 8.22. The molecule has 1 fully saturated rings. The largest absolute Gasteiger partial charge is 0.379 e. The minimum absolute atomic E-state index is 0.105. The number of carbonyl (C=O) groups excluding carboxylic acids is 1. The fourth-order valence-corrected chi connectivity index (χ4v) is 3.05. The molecular formula is C18H24N4O3. The van der Waals surface area contributed by atoms with Crippen molar-refractivity contribution >= 4 is 5.91 Å². The Bertz CT molecular complexity index is 710. The Hall–Kier alpha value is -2.25. The molecule has 1 atom stereocenters. The van der Waals surface area contributed by atoms with Crippen molar-refractivity contribution in [1.82, 2.24) is 20.4 Å². The molecule has 7 nitrogen and oxygen atoms in total. The Morgan fingerprint density at radius 3 is 2.80 bits per heavy atom. The van der Waals surface area contributed by atoms with E-state index in [1.807, 2.05) is 0 Å². The minimum Gasteiger partial charge on any atom is -0.379 e. The maximum atomic E-state index is 12.2. The van der Waals surface area contributed by atoms with E-state index in [4.69, 9.17) is 9.26 Å². The first kappa shape index (κ1) is 17.6. The van der Waals surface area contributed by atoms with Crippen LogP contribution in [0.4, 0.5) is 0 Å². The molecule has 2 aromatic rings. The Morgan fingerprint density at radius 2 is 2.12 bits per heavy atom. The van der Waals surface area contributed by atoms with Crippen molar-refractivity contribution in [3.8, 4) is 0 Å². The zero-order valence-corrected chi connectivity index (χ0v) is 14.7. The van der Waals surface area contributed by atoms with Gasteiger partial charge in [0.15, 0.2) is 5.82 Å². The Balaban J connectivity index is 1.65. The van der Waals surface area contributed by atoms with E-state index in [0.29, 0.717) is 18.3 Å². The van der Waals surface area contributed by atoms with Crippen LogP contribution in [0.5, 0.6) is 0 Å². The van der Waals surface area contributed by atoms with Gasteiger partial charge in [-0.2, -0.15) is 4.98 Å². The number of hydrogen-bond acceptors (Lipinski definition) is 6. The van der Waals surface area contributed by atoms with Gasteiger partial charge in [0.2, 0.25) is 11.8 Å². The zero-order chi connectivity index (χ0) is 17.6. The standard InChI is InChI=1S/C18H24N4O3/c1-13-4-3-5-15(10-13)16(22-6-8-24-9-7-22)12-19-18(23)11-17-20-14(2)25-21-17/h3-5,10,16H,6-9,11-12H2,1-2H3,(H,19,23). The van der Waals surface area contributed by atoms with Gasteiger partial charge in [-0.3, -0.25) is 9.69 Å². The summed E-state index contributed by atoms with van der Waals surface area (Å²) in [6, 6.07) is 8.55. The second-order valence-electron chi connectivity index (χ2n) is 6.29. The molecule has 1 amide bonds. The fourth-order valence-electron chi connectivity index (χ4n) is 3.05. The summed E-state index contributed by atoms with van der Waals surface area (Å²) in [5, 5.41) is 6.78. The van der Waals surface area contributed by atoms with Crippen molar-refractivity contribution in [2.75, 3.05) is 32.8 Å². The molecule has 2 heterocycles. The van der Waals surface area contributed by atoms with Crippen LogP contribution >= 0.6 is 0 Å². The van der Waals surface area contributed by atoms with Crippen molar-refractivity contribution in [2.24, 2.45) is 0 Å². The highest BCUT2D eigenvalue weighted by molar-refractivity contribution is 5.77. The van der Waals surface area contributed by atoms with E-state index in [2.05, 4.69) is 51.5 Å². The molecular weight excluding hydrogens is 320 g/mol. The highest BCUT2D eigenvalue weighted by atomic mass is 16.5. The Morgan fingerprint density at radius 1 is 1.32 bits per heavy atom. The Labute approximate surface area is 147 Å². The van der Waals surface area contributed by atoms with Gasteiger partial charge in [0.25, 0.3) is 0 Å². The van der Waals surface area contributed by atoms with Crippen LogP contribution in [-0.2, 0) is 16.0 Å². The lowest BCUT2D eigenvalue weighted by Gasteiger charge is -2.35. The molecule has 0 bridgehead atoms. The lowest BCUT2D eigenvalue weighted by Crippen LogP contribution is -2.44. The van der Waals surface area contributed by atoms with Crippen LogP contribution in [0, 0.1) is 13.8 Å². The highest BCUT2D eigenvalue weighted by Gasteiger charge is 2.23. The number of hydrogen-bond donors (Lipinski definition) is 1. The third-order valence-corrected chi connectivity index (χ3v) is 4.29. The normalized spacial score (nSPS) is 16.6. The molecule has 1 unspecified atom stereocenters. The lowest BCUT2D eigenvalue weighted by molar-refractivity contribution is -0.120. The van der Waals surface area contributed by atoms with Crippen molar-refractivity contribution in [2.45, 2.75) is 26.3 Å². The summed E-state index contributed by atoms with van der Waals surface area (Å²) >= 11 is 0. The predicted molar refractivity (Wildman–Crippen MR) is 92.1 cm³/mol. The second-order valence-corrected chi connectivity index (χ2v) is 6.29. The van der Waals surface area contributed by atoms with E-state index in [-0.39, 0.29) is 18.4 Å². The average molecular weight is 344 g/mol. The summed E-state index contributed by atoms with van der Waals surface area (Å²) in [5.74, 6) is 0.772. The monoisotopic (exact) mass is 344 g/mol. The van der Waals surface area contributed by atoms with Crippen molar-refractivity contribution in [3.63, 3.8) is 0 Å². The SMILES string of the molecule is Cc1cccc(C(CNC(=O)Cc2noc(C)n2)N2CCOCC2)c1. The molecule has 1 N–H and O–H groups in total. The van der Waals surface area contributed by atoms with Crippen LogP contribution in [0.2, 0.25) is 0 Å². The number of benzene rings is 1. The maximum Gasteiger partial charge on any atom is 0.227 e. The van der Waals surface area contributed by atoms with Crippen LogP contribution in [-0.4, -0.2) is 53.8 Å². The first-order valence-electron chi connectivity index (χ1n) is 8.56. The lowest BCUT2D eigenvalue weighted by atomic mass is 10.0. The highest BCUT2D eigenvalue weighted by Crippen LogP contribution is 2.22. The molecule has 0 aliphatic carbocycles. The summed E-state index contributed by atoms with van der Waals surface area (Å²) in [5.41, 5.74) is 2.42. The van der Waals surface area contributed by atoms with E-state index in [1.54, 1.807) is 6.92 Å². The molecule has 25 heavy (non-hydrogen) atoms. The molecule has 7 heteroatoms. The molecule has 1 aliphatic rings. The number of amides is 1. The smallest absolute Gasteiger partial charge is 0.227 e. The molecule has 1 aromatic heterocycles. The van der Waals surface area contributed by atoms with Gasteiger partial charge in [-0.15, -0.1) is 0 Å². The van der Waals surface area contributed by atoms with Gasteiger partial charge < -0.3 is 14.6 Å². The van der Waals surface area contributed by atoms with Gasteiger partial charge >= 0.3 is 0 Å². The molecule has 3 rings (SSSR count). The molecule has 0 saturated carbocycles. The third-order valence-electron chi connectivity index (χ3n) is 4.29. The first-order chi connectivity index (χ1) is 12.1. The summed E-state index contributed by atoms with van der Waals surface area (Å²) in [4.78, 5) is 18.7. The van der Waals surface area contributed by atoms with Gasteiger partial charge in [0, 0.05) is 26.6 Å². The van der Waals surface area contributed by atoms with Gasteiger partial charge in [-0.1, -0.05) is 35.0 Å². The number of carbonyl (C=O) groups is 1. The number of nitrogens with one attached hydrogen (secondary N) is 1. The number of aromatic nitrogens is 2. The summed E-state index contributed by atoms with van der Waals surface area (Å²) in [6.45, 7) is 7.49. The van der Waals surface area contributed by atoms with Gasteiger partial charge in [-0.25, -0.2) is 0 Å². The van der Waals surface area contributed by atoms with Crippen LogP contribution in [0.15, 0.2) is 28.8 Å². The van der Waals surface area contributed by atoms with Gasteiger partial charge in [0.05, 0.1) is 25.7 Å². The van der Waals surface area contributed by atoms with E-state index in [0.717, 1.165) is 26.3 Å². The first-order valence-corrected chi connectivity index (χ1v) is 8.56. The third kappa shape index (κ3) is 4.87. The predicted octanol–water partition coefficient (Wildman–Crippen LogP) is 1.42. The number of nitrogens with zero attached hydrogens (tertiary/aromatic N) is 3. The summed E-state index contributed by atoms with van der Waals surface area (Å²) < 4.78 is 10.4. The molecule has 134 valence electrons. The number of morpholine rings is 1. The van der Waals surface area contributed by atoms with Crippen molar-refractivity contribution < 1.29 is 14.1 Å². The topological polar surface area (TPSA) is 80.5 Å². The van der Waals surface area contributed by atoms with Crippen LogP contribution in [0.1, 0.15) is 28.9 Å². The Kier molecular flexibility index (Phi) is 5.78. The maximum absolute atomic E-state index is 12.2. The molecule has 1 aliphatic heterocycles. The van der Waals surface area contributed by atoms with E-state index < -0.39 is 0 Å². The number of rotatable bonds is 6. The van der Waals surface area contributed by atoms with Crippen molar-refractivity contribution in [3.05, 3.63) is 47.1 Å². The fraction of sp³-hybridized carbons (Fsp3) is 0.500. The quantitative estimate of drug-likeness (QED) is 0.854. The molecule has 0 spiro atoms. The zero-order valence-electron chi connectivity index (χ0n) is 14.7. The summed E-state index contributed by atoms with van der Waals surface area (Å²) in [7, 11) is 0. The van der Waals surface area contributed by atoms with Gasteiger partial charge in [0.1, 0.15) is 0 Å². The van der Waals surface area contributed by atoms with E-state index >= 15 is 0 Å². The molecule has 1 aromatic carbocycles. The van der Waals surface area contributed by atoms with E-state index in [1.165, 1.54) is 11.1 Å². The number of ether oxygens (including phenoxy) is 1. The molecule has 0 radical (unpaired) electrons. The van der Waals surface area contributed by atoms with Crippen LogP contribution in [0.3, 0.4) is 0 Å². The number of aryl methyl sites for hydroxylation is 2. The van der Waals surface area contributed by atoms with Crippen molar-refractivity contribution in [1.29, 1.82) is 0 Å². The molecule has 1 saturated heterocycles. The van der Waals surface area contributed by atoms with E-state index in [9.17, 15) is 4.79 Å². The average Bonchev–Trinajstić information content (AvgIpc) is 3.01. The van der Waals surface area contributed by atoms with Crippen LogP contribution < -0.4 is 5.32 Å². The van der Waals surface area contributed by atoms with Gasteiger partial charge in [-0.05, 0) is 12.5 Å². The summed E-state index contributed by atoms with van der Waals surface area (Å²) in [6.07, 6.45) is 0.126. The van der Waals surface area contributed by atoms with Crippen LogP contribution in [0.25, 0.3) is 0 Å².